The maximum atomic E-state index is 12.8. The number of nitrogens with one attached hydrogen (secondary N) is 1. The van der Waals surface area contributed by atoms with Crippen LogP contribution in [0, 0.1) is 5.82 Å². The molecule has 0 radical (unpaired) electrons. The van der Waals surface area contributed by atoms with Gasteiger partial charge in [0.25, 0.3) is 0 Å². The molecule has 0 spiro atoms. The van der Waals surface area contributed by atoms with E-state index in [1.54, 1.807) is 17.4 Å². The monoisotopic (exact) mass is 284 g/mol. The second-order valence-corrected chi connectivity index (χ2v) is 5.75. The minimum atomic E-state index is -0.307. The lowest BCUT2D eigenvalue weighted by atomic mass is 10.1. The first kappa shape index (κ1) is 13.5. The number of rotatable bonds is 5. The summed E-state index contributed by atoms with van der Waals surface area (Å²) in [4.78, 5) is 5.29. The predicted molar refractivity (Wildman–Crippen MR) is 73.4 cm³/mol. The summed E-state index contributed by atoms with van der Waals surface area (Å²) in [5.41, 5.74) is 0.863. The molecule has 0 aliphatic carbocycles. The average molecular weight is 285 g/mol. The zero-order chi connectivity index (χ0) is 13.0. The fraction of sp³-hybridized carbons (Fsp3) is 0.308. The number of aromatic nitrogens is 1. The van der Waals surface area contributed by atoms with Gasteiger partial charge < -0.3 is 5.32 Å². The summed E-state index contributed by atoms with van der Waals surface area (Å²) < 4.78 is 13.6. The molecule has 5 heteroatoms. The van der Waals surface area contributed by atoms with Crippen LogP contribution in [-0.2, 0) is 6.54 Å². The molecular formula is C13H14ClFN2S. The quantitative estimate of drug-likeness (QED) is 0.891. The van der Waals surface area contributed by atoms with Crippen molar-refractivity contribution in [2.45, 2.75) is 25.9 Å². The molecule has 96 valence electrons. The maximum Gasteiger partial charge on any atom is 0.141 e. The van der Waals surface area contributed by atoms with E-state index in [2.05, 4.69) is 17.2 Å². The lowest BCUT2D eigenvalue weighted by molar-refractivity contribution is 0.506. The van der Waals surface area contributed by atoms with Crippen molar-refractivity contribution in [3.05, 3.63) is 51.2 Å². The summed E-state index contributed by atoms with van der Waals surface area (Å²) in [7, 11) is 0. The van der Waals surface area contributed by atoms with Crippen molar-refractivity contribution in [2.75, 3.05) is 0 Å². The first-order chi connectivity index (χ1) is 8.69. The maximum absolute atomic E-state index is 12.8. The molecule has 1 atom stereocenters. The van der Waals surface area contributed by atoms with Crippen molar-refractivity contribution in [2.24, 2.45) is 0 Å². The number of nitrogens with zero attached hydrogens (tertiary/aromatic N) is 1. The van der Waals surface area contributed by atoms with Gasteiger partial charge in [0.1, 0.15) is 5.82 Å². The first-order valence-electron chi connectivity index (χ1n) is 5.78. The van der Waals surface area contributed by atoms with Crippen LogP contribution in [0.2, 0.25) is 4.34 Å². The number of hydrogen-bond donors (Lipinski definition) is 1. The van der Waals surface area contributed by atoms with E-state index < -0.39 is 0 Å². The molecule has 0 aliphatic heterocycles. The van der Waals surface area contributed by atoms with Gasteiger partial charge in [-0.3, -0.25) is 4.98 Å². The second kappa shape index (κ2) is 6.27. The third kappa shape index (κ3) is 3.51. The van der Waals surface area contributed by atoms with E-state index in [1.165, 1.54) is 17.1 Å². The van der Waals surface area contributed by atoms with Crippen LogP contribution >= 0.6 is 22.9 Å². The van der Waals surface area contributed by atoms with Crippen molar-refractivity contribution >= 4 is 22.9 Å². The number of hydrogen-bond acceptors (Lipinski definition) is 3. The fourth-order valence-corrected chi connectivity index (χ4v) is 2.76. The third-order valence-corrected chi connectivity index (χ3v) is 3.90. The summed E-state index contributed by atoms with van der Waals surface area (Å²) in [6, 6.07) is 7.18. The molecule has 2 rings (SSSR count). The van der Waals surface area contributed by atoms with E-state index in [4.69, 9.17) is 11.6 Å². The highest BCUT2D eigenvalue weighted by atomic mass is 35.5. The van der Waals surface area contributed by atoms with Gasteiger partial charge in [-0.25, -0.2) is 4.39 Å². The molecule has 0 aliphatic rings. The third-order valence-electron chi connectivity index (χ3n) is 2.67. The summed E-state index contributed by atoms with van der Waals surface area (Å²) in [5.74, 6) is -0.307. The first-order valence-corrected chi connectivity index (χ1v) is 6.97. The minimum Gasteiger partial charge on any atom is -0.304 e. The van der Waals surface area contributed by atoms with Gasteiger partial charge in [-0.1, -0.05) is 18.5 Å². The Morgan fingerprint density at radius 3 is 2.78 bits per heavy atom. The molecule has 0 aromatic carbocycles. The molecule has 0 saturated heterocycles. The Morgan fingerprint density at radius 1 is 1.39 bits per heavy atom. The van der Waals surface area contributed by atoms with Crippen molar-refractivity contribution in [1.82, 2.24) is 10.3 Å². The van der Waals surface area contributed by atoms with Gasteiger partial charge in [-0.15, -0.1) is 11.3 Å². The Balaban J connectivity index is 1.99. The largest absolute Gasteiger partial charge is 0.304 e. The zero-order valence-corrected chi connectivity index (χ0v) is 11.6. The fourth-order valence-electron chi connectivity index (χ4n) is 1.72. The highest BCUT2D eigenvalue weighted by Crippen LogP contribution is 2.22. The van der Waals surface area contributed by atoms with Crippen LogP contribution < -0.4 is 5.32 Å². The van der Waals surface area contributed by atoms with Crippen LogP contribution in [0.15, 0.2) is 30.5 Å². The topological polar surface area (TPSA) is 24.9 Å². The summed E-state index contributed by atoms with van der Waals surface area (Å²) in [6.45, 7) is 2.82. The van der Waals surface area contributed by atoms with Crippen molar-refractivity contribution in [3.8, 4) is 0 Å². The molecule has 1 N–H and O–H groups in total. The van der Waals surface area contributed by atoms with Crippen LogP contribution in [0.25, 0.3) is 0 Å². The van der Waals surface area contributed by atoms with E-state index in [0.29, 0.717) is 0 Å². The smallest absolute Gasteiger partial charge is 0.141 e. The number of thiophene rings is 1. The van der Waals surface area contributed by atoms with Crippen molar-refractivity contribution < 1.29 is 4.39 Å². The van der Waals surface area contributed by atoms with Crippen LogP contribution in [0.5, 0.6) is 0 Å². The van der Waals surface area contributed by atoms with Gasteiger partial charge >= 0.3 is 0 Å². The van der Waals surface area contributed by atoms with Gasteiger partial charge in [0.15, 0.2) is 0 Å². The summed E-state index contributed by atoms with van der Waals surface area (Å²) in [6.07, 6.45) is 2.15. The lowest BCUT2D eigenvalue weighted by Gasteiger charge is -2.15. The molecule has 0 bridgehead atoms. The Kier molecular flexibility index (Phi) is 4.69. The van der Waals surface area contributed by atoms with E-state index in [1.807, 2.05) is 12.1 Å². The van der Waals surface area contributed by atoms with Crippen LogP contribution in [0.3, 0.4) is 0 Å². The minimum absolute atomic E-state index is 0.131. The average Bonchev–Trinajstić information content (AvgIpc) is 2.78. The SMILES string of the molecule is CCC(NCc1ccc(Cl)s1)c1ccc(F)cn1. The van der Waals surface area contributed by atoms with E-state index in [0.717, 1.165) is 23.0 Å². The number of pyridine rings is 1. The Bertz CT molecular complexity index is 498. The Hall–Kier alpha value is -0.970. The molecule has 0 saturated carbocycles. The molecular weight excluding hydrogens is 271 g/mol. The van der Waals surface area contributed by atoms with E-state index >= 15 is 0 Å². The molecule has 2 aromatic heterocycles. The standard InChI is InChI=1S/C13H14ClFN2S/c1-2-11(12-5-3-9(15)7-16-12)17-8-10-4-6-13(14)18-10/h3-7,11,17H,2,8H2,1H3. The van der Waals surface area contributed by atoms with E-state index in [-0.39, 0.29) is 11.9 Å². The van der Waals surface area contributed by atoms with Gasteiger partial charge in [-0.05, 0) is 30.7 Å². The van der Waals surface area contributed by atoms with Gasteiger partial charge in [0, 0.05) is 17.5 Å². The van der Waals surface area contributed by atoms with Gasteiger partial charge in [0.05, 0.1) is 16.2 Å². The van der Waals surface area contributed by atoms with Crippen LogP contribution in [0.4, 0.5) is 4.39 Å². The predicted octanol–water partition coefficient (Wildman–Crippen LogP) is 4.18. The van der Waals surface area contributed by atoms with Gasteiger partial charge in [0.2, 0.25) is 0 Å². The molecule has 0 amide bonds. The molecule has 0 fully saturated rings. The summed E-state index contributed by atoms with van der Waals surface area (Å²) in [5, 5.41) is 3.40. The normalized spacial score (nSPS) is 12.6. The second-order valence-electron chi connectivity index (χ2n) is 3.95. The van der Waals surface area contributed by atoms with E-state index in [9.17, 15) is 4.39 Å². The zero-order valence-electron chi connectivity index (χ0n) is 9.99. The lowest BCUT2D eigenvalue weighted by Crippen LogP contribution is -2.20. The highest BCUT2D eigenvalue weighted by molar-refractivity contribution is 7.16. The highest BCUT2D eigenvalue weighted by Gasteiger charge is 2.10. The molecule has 1 unspecified atom stereocenters. The Labute approximate surface area is 115 Å². The van der Waals surface area contributed by atoms with Crippen LogP contribution in [-0.4, -0.2) is 4.98 Å². The molecule has 2 aromatic rings. The number of halogens is 2. The van der Waals surface area contributed by atoms with Crippen molar-refractivity contribution in [1.29, 1.82) is 0 Å². The van der Waals surface area contributed by atoms with Gasteiger partial charge in [-0.2, -0.15) is 0 Å². The molecule has 18 heavy (non-hydrogen) atoms. The molecule has 2 heterocycles. The summed E-state index contributed by atoms with van der Waals surface area (Å²) >= 11 is 7.44. The Morgan fingerprint density at radius 2 is 2.22 bits per heavy atom. The van der Waals surface area contributed by atoms with Crippen LogP contribution in [0.1, 0.15) is 30.0 Å². The van der Waals surface area contributed by atoms with Crippen molar-refractivity contribution in [3.63, 3.8) is 0 Å². The molecule has 2 nitrogen and oxygen atoms in total.